The van der Waals surface area contributed by atoms with Gasteiger partial charge in [0.15, 0.2) is 0 Å². The SMILES string of the molecule is C=CCCC(=O)N(C)[C@@H](C)[C@@H](OC(=O)[C@@H]1[C@H]2O[C@@]3(CC2Br)[C@H](C(=O)N(CC=C)c2ccc4ccccc4c2)N(CCCCCCO)C(=O)[C@@H]13)c1ccccc1. The molecule has 3 heterocycles. The summed E-state index contributed by atoms with van der Waals surface area (Å²) in [6, 6.07) is 21.5. The summed E-state index contributed by atoms with van der Waals surface area (Å²) in [4.78, 5) is 62.3. The zero-order valence-electron chi connectivity index (χ0n) is 31.7. The standard InChI is InChI=1S/C44H52BrN3O7/c1-5-7-21-35(50)46(4)29(3)38(31-18-11-10-12-19-31)54-43(53)36-37-41(51)48(25-15-8-9-16-26-49)40(44(37)28-34(45)39(36)55-44)42(52)47(24-6-2)33-23-22-30-17-13-14-20-32(30)27-33/h5-6,10-14,17-20,22-23,27,29,34,36-40,49H,1-2,7-9,15-16,21,24-26,28H2,3-4H3/t29-,34?,36-,37+,38+,39-,40-,44+/m0/s1. The summed E-state index contributed by atoms with van der Waals surface area (Å²) in [6.45, 7) is 10.1. The maximum Gasteiger partial charge on any atom is 0.313 e. The van der Waals surface area contributed by atoms with Crippen molar-refractivity contribution in [3.63, 3.8) is 0 Å². The van der Waals surface area contributed by atoms with Crippen molar-refractivity contribution in [2.24, 2.45) is 11.8 Å². The van der Waals surface area contributed by atoms with Crippen LogP contribution in [0, 0.1) is 11.8 Å². The Morgan fingerprint density at radius 1 is 1.02 bits per heavy atom. The van der Waals surface area contributed by atoms with Crippen LogP contribution in [0.2, 0.25) is 0 Å². The number of ether oxygens (including phenoxy) is 2. The van der Waals surface area contributed by atoms with Crippen molar-refractivity contribution in [1.82, 2.24) is 9.80 Å². The molecule has 1 spiro atoms. The summed E-state index contributed by atoms with van der Waals surface area (Å²) in [5.74, 6) is -3.26. The Hall–Kier alpha value is -4.32. The van der Waals surface area contributed by atoms with Crippen molar-refractivity contribution in [2.75, 3.05) is 31.6 Å². The number of allylic oxidation sites excluding steroid dienone is 1. The van der Waals surface area contributed by atoms with Gasteiger partial charge in [-0.25, -0.2) is 0 Å². The van der Waals surface area contributed by atoms with Crippen molar-refractivity contribution < 1.29 is 33.8 Å². The van der Waals surface area contributed by atoms with Crippen LogP contribution in [0.15, 0.2) is 98.1 Å². The molecule has 8 atom stereocenters. The van der Waals surface area contributed by atoms with E-state index < -0.39 is 47.7 Å². The van der Waals surface area contributed by atoms with Crippen LogP contribution in [0.3, 0.4) is 0 Å². The molecule has 0 aromatic heterocycles. The third kappa shape index (κ3) is 7.89. The lowest BCUT2D eigenvalue weighted by molar-refractivity contribution is -0.164. The summed E-state index contributed by atoms with van der Waals surface area (Å²) in [5, 5.41) is 11.4. The van der Waals surface area contributed by atoms with Gasteiger partial charge in [0.1, 0.15) is 17.7 Å². The summed E-state index contributed by atoms with van der Waals surface area (Å²) in [5.41, 5.74) is 0.0967. The molecule has 3 fully saturated rings. The molecule has 3 aromatic carbocycles. The number of rotatable bonds is 18. The molecule has 3 amide bonds. The minimum atomic E-state index is -1.29. The van der Waals surface area contributed by atoms with Crippen LogP contribution in [0.5, 0.6) is 0 Å². The first-order chi connectivity index (χ1) is 26.6. The van der Waals surface area contributed by atoms with Gasteiger partial charge in [-0.2, -0.15) is 0 Å². The number of fused-ring (bicyclic) bond motifs is 2. The van der Waals surface area contributed by atoms with Gasteiger partial charge in [-0.3, -0.25) is 19.2 Å². The Balaban J connectivity index is 1.35. The molecule has 292 valence electrons. The summed E-state index contributed by atoms with van der Waals surface area (Å²) < 4.78 is 13.2. The zero-order chi connectivity index (χ0) is 39.3. The second kappa shape index (κ2) is 17.6. The van der Waals surface area contributed by atoms with Crippen molar-refractivity contribution in [3.05, 3.63) is 104 Å². The number of alkyl halides is 1. The van der Waals surface area contributed by atoms with E-state index in [1.165, 1.54) is 0 Å². The predicted octanol–water partition coefficient (Wildman–Crippen LogP) is 6.76. The quantitative estimate of drug-likeness (QED) is 0.0654. The van der Waals surface area contributed by atoms with E-state index in [2.05, 4.69) is 29.1 Å². The van der Waals surface area contributed by atoms with E-state index in [1.807, 2.05) is 79.7 Å². The lowest BCUT2D eigenvalue weighted by Crippen LogP contribution is -2.57. The number of hydrogen-bond acceptors (Lipinski definition) is 7. The largest absolute Gasteiger partial charge is 0.455 e. The number of esters is 1. The number of aliphatic hydroxyl groups excluding tert-OH is 1. The monoisotopic (exact) mass is 813 g/mol. The molecule has 55 heavy (non-hydrogen) atoms. The second-order valence-corrected chi connectivity index (χ2v) is 16.1. The van der Waals surface area contributed by atoms with Crippen LogP contribution < -0.4 is 4.90 Å². The number of carbonyl (C=O) groups excluding carboxylic acids is 4. The van der Waals surface area contributed by atoms with Crippen molar-refractivity contribution in [1.29, 1.82) is 0 Å². The molecular formula is C44H52BrN3O7. The predicted molar refractivity (Wildman–Crippen MR) is 216 cm³/mol. The summed E-state index contributed by atoms with van der Waals surface area (Å²) >= 11 is 3.79. The van der Waals surface area contributed by atoms with E-state index in [9.17, 15) is 19.5 Å². The number of likely N-dealkylation sites (N-methyl/N-ethyl adjacent to an activating group) is 1. The number of aliphatic hydroxyl groups is 1. The number of amides is 3. The number of halogens is 1. The van der Waals surface area contributed by atoms with E-state index in [1.54, 1.807) is 33.9 Å². The number of likely N-dealkylation sites (tertiary alicyclic amines) is 1. The molecule has 1 N–H and O–H groups in total. The van der Waals surface area contributed by atoms with Crippen LogP contribution in [-0.4, -0.2) is 94.0 Å². The van der Waals surface area contributed by atoms with Crippen molar-refractivity contribution in [3.8, 4) is 0 Å². The van der Waals surface area contributed by atoms with E-state index in [0.717, 1.165) is 23.6 Å². The maximum absolute atomic E-state index is 15.1. The van der Waals surface area contributed by atoms with Gasteiger partial charge < -0.3 is 29.3 Å². The van der Waals surface area contributed by atoms with Crippen LogP contribution in [0.1, 0.15) is 63.5 Å². The summed E-state index contributed by atoms with van der Waals surface area (Å²) in [7, 11) is 1.70. The maximum atomic E-state index is 15.1. The number of anilines is 1. The smallest absolute Gasteiger partial charge is 0.313 e. The lowest BCUT2D eigenvalue weighted by Gasteiger charge is -2.37. The van der Waals surface area contributed by atoms with Gasteiger partial charge in [0, 0.05) is 43.7 Å². The van der Waals surface area contributed by atoms with E-state index in [4.69, 9.17) is 9.47 Å². The van der Waals surface area contributed by atoms with Gasteiger partial charge in [-0.05, 0) is 61.1 Å². The Morgan fingerprint density at radius 3 is 2.44 bits per heavy atom. The van der Waals surface area contributed by atoms with Crippen molar-refractivity contribution in [2.45, 2.75) is 86.6 Å². The average molecular weight is 815 g/mol. The second-order valence-electron chi connectivity index (χ2n) is 14.9. The van der Waals surface area contributed by atoms with Crippen LogP contribution in [0.25, 0.3) is 10.8 Å². The van der Waals surface area contributed by atoms with E-state index >= 15 is 4.79 Å². The van der Waals surface area contributed by atoms with Gasteiger partial charge in [-0.15, -0.1) is 13.2 Å². The minimum absolute atomic E-state index is 0.0875. The molecule has 11 heteroatoms. The third-order valence-corrected chi connectivity index (χ3v) is 12.4. The van der Waals surface area contributed by atoms with Gasteiger partial charge in [-0.1, -0.05) is 102 Å². The lowest BCUT2D eigenvalue weighted by atomic mass is 9.70. The first-order valence-corrected chi connectivity index (χ1v) is 20.3. The summed E-state index contributed by atoms with van der Waals surface area (Å²) in [6.07, 6.45) is 5.78. The molecule has 3 aliphatic heterocycles. The van der Waals surface area contributed by atoms with Crippen LogP contribution in [0.4, 0.5) is 5.69 Å². The Bertz CT molecular complexity index is 1890. The highest BCUT2D eigenvalue weighted by Crippen LogP contribution is 2.60. The van der Waals surface area contributed by atoms with Gasteiger partial charge >= 0.3 is 5.97 Å². The molecule has 2 bridgehead atoms. The highest BCUT2D eigenvalue weighted by Gasteiger charge is 2.77. The molecule has 0 aliphatic carbocycles. The molecule has 3 aliphatic rings. The molecule has 0 saturated carbocycles. The number of carbonyl (C=O) groups is 4. The van der Waals surface area contributed by atoms with E-state index in [0.29, 0.717) is 43.5 Å². The molecule has 1 unspecified atom stereocenters. The number of hydrogen-bond donors (Lipinski definition) is 1. The fourth-order valence-electron chi connectivity index (χ4n) is 8.73. The molecule has 3 saturated heterocycles. The molecule has 3 aromatic rings. The van der Waals surface area contributed by atoms with Gasteiger partial charge in [0.05, 0.1) is 24.0 Å². The first-order valence-electron chi connectivity index (χ1n) is 19.3. The van der Waals surface area contributed by atoms with Gasteiger partial charge in [0.25, 0.3) is 5.91 Å². The Kier molecular flexibility index (Phi) is 12.9. The normalized spacial score (nSPS) is 25.0. The van der Waals surface area contributed by atoms with Gasteiger partial charge in [0.2, 0.25) is 11.8 Å². The highest BCUT2D eigenvalue weighted by molar-refractivity contribution is 9.09. The molecule has 0 radical (unpaired) electrons. The number of nitrogens with zero attached hydrogens (tertiary/aromatic N) is 3. The van der Waals surface area contributed by atoms with Crippen LogP contribution >= 0.6 is 15.9 Å². The topological polar surface area (TPSA) is 117 Å². The molecular weight excluding hydrogens is 762 g/mol. The fourth-order valence-corrected chi connectivity index (χ4v) is 9.68. The molecule has 6 rings (SSSR count). The van der Waals surface area contributed by atoms with Crippen LogP contribution in [-0.2, 0) is 28.7 Å². The highest BCUT2D eigenvalue weighted by atomic mass is 79.9. The zero-order valence-corrected chi connectivity index (χ0v) is 33.3. The minimum Gasteiger partial charge on any atom is -0.455 e. The first kappa shape index (κ1) is 40.3. The Labute approximate surface area is 332 Å². The Morgan fingerprint density at radius 2 is 1.73 bits per heavy atom. The van der Waals surface area contributed by atoms with E-state index in [-0.39, 0.29) is 42.1 Å². The number of benzene rings is 3. The fraction of sp³-hybridized carbons (Fsp3) is 0.455. The average Bonchev–Trinajstić information content (AvgIpc) is 3.80. The number of unbranched alkanes of at least 4 members (excludes halogenated alkanes) is 3. The third-order valence-electron chi connectivity index (χ3n) is 11.6. The molecule has 10 nitrogen and oxygen atoms in total. The van der Waals surface area contributed by atoms with Crippen molar-refractivity contribution >= 4 is 56.1 Å².